The number of rotatable bonds is 3. The van der Waals surface area contributed by atoms with Gasteiger partial charge in [0.1, 0.15) is 5.82 Å². The van der Waals surface area contributed by atoms with Crippen LogP contribution < -0.4 is 0 Å². The lowest BCUT2D eigenvalue weighted by Crippen LogP contribution is -2.00. The van der Waals surface area contributed by atoms with Crippen molar-refractivity contribution >= 4 is 22.9 Å². The van der Waals surface area contributed by atoms with Gasteiger partial charge >= 0.3 is 0 Å². The molecule has 0 saturated carbocycles. The molecule has 96 valence electrons. The first-order valence-electron chi connectivity index (χ1n) is 5.39. The molecule has 0 aliphatic carbocycles. The summed E-state index contributed by atoms with van der Waals surface area (Å²) < 4.78 is 39.6. The third kappa shape index (κ3) is 2.40. The fraction of sp³-hybridized carbons (Fsp3) is 0.231. The number of hydrogen-bond acceptors (Lipinski definition) is 1. The van der Waals surface area contributed by atoms with Crippen LogP contribution in [-0.2, 0) is 6.42 Å². The van der Waals surface area contributed by atoms with Gasteiger partial charge in [0.2, 0.25) is 0 Å². The molecule has 0 aliphatic heterocycles. The maximum absolute atomic E-state index is 13.6. The maximum Gasteiger partial charge on any atom is 0.161 e. The lowest BCUT2D eigenvalue weighted by atomic mass is 10.1. The maximum atomic E-state index is 13.6. The number of hydrogen-bond donors (Lipinski definition) is 0. The number of thiophene rings is 1. The van der Waals surface area contributed by atoms with Crippen molar-refractivity contribution in [1.29, 1.82) is 0 Å². The molecule has 1 aromatic heterocycles. The van der Waals surface area contributed by atoms with Gasteiger partial charge < -0.3 is 0 Å². The second-order valence-corrected chi connectivity index (χ2v) is 5.20. The normalized spacial score (nSPS) is 12.7. The monoisotopic (exact) mass is 290 g/mol. The Kier molecular flexibility index (Phi) is 3.97. The molecular weight excluding hydrogens is 281 g/mol. The van der Waals surface area contributed by atoms with Crippen LogP contribution in [0.2, 0.25) is 0 Å². The lowest BCUT2D eigenvalue weighted by Gasteiger charge is -2.11. The van der Waals surface area contributed by atoms with E-state index in [2.05, 4.69) is 0 Å². The summed E-state index contributed by atoms with van der Waals surface area (Å²) in [6, 6.07) is 3.24. The van der Waals surface area contributed by atoms with Gasteiger partial charge in [-0.1, -0.05) is 6.92 Å². The molecule has 0 saturated heterocycles. The van der Waals surface area contributed by atoms with Crippen LogP contribution in [0.4, 0.5) is 13.2 Å². The fourth-order valence-corrected chi connectivity index (χ4v) is 3.19. The van der Waals surface area contributed by atoms with E-state index in [9.17, 15) is 13.2 Å². The molecule has 0 amide bonds. The minimum atomic E-state index is -1.21. The summed E-state index contributed by atoms with van der Waals surface area (Å²) in [7, 11) is 0. The van der Waals surface area contributed by atoms with Crippen LogP contribution in [0.1, 0.15) is 28.3 Å². The van der Waals surface area contributed by atoms with E-state index < -0.39 is 22.8 Å². The van der Waals surface area contributed by atoms with Crippen molar-refractivity contribution in [3.8, 4) is 0 Å². The molecule has 0 nitrogen and oxygen atoms in total. The Morgan fingerprint density at radius 3 is 2.50 bits per heavy atom. The lowest BCUT2D eigenvalue weighted by molar-refractivity contribution is 0.490. The molecule has 0 radical (unpaired) electrons. The van der Waals surface area contributed by atoms with Crippen LogP contribution in [-0.4, -0.2) is 0 Å². The van der Waals surface area contributed by atoms with Gasteiger partial charge in [-0.3, -0.25) is 0 Å². The Hall–Kier alpha value is -1.00. The minimum absolute atomic E-state index is 0.0345. The van der Waals surface area contributed by atoms with Crippen LogP contribution >= 0.6 is 22.9 Å². The quantitative estimate of drug-likeness (QED) is 0.548. The largest absolute Gasteiger partial charge is 0.207 e. The van der Waals surface area contributed by atoms with E-state index in [1.165, 1.54) is 11.3 Å². The topological polar surface area (TPSA) is 0 Å². The van der Waals surface area contributed by atoms with Gasteiger partial charge in [0, 0.05) is 16.5 Å². The number of halogens is 4. The highest BCUT2D eigenvalue weighted by atomic mass is 35.5. The molecule has 5 heteroatoms. The Morgan fingerprint density at radius 2 is 1.83 bits per heavy atom. The summed E-state index contributed by atoms with van der Waals surface area (Å²) in [6.45, 7) is 1.96. The molecule has 1 heterocycles. The molecule has 1 atom stereocenters. The zero-order valence-corrected chi connectivity index (χ0v) is 11.1. The van der Waals surface area contributed by atoms with E-state index in [1.807, 2.05) is 18.4 Å². The fourth-order valence-electron chi connectivity index (χ4n) is 1.74. The average Bonchev–Trinajstić information content (AvgIpc) is 2.81. The highest BCUT2D eigenvalue weighted by Crippen LogP contribution is 2.36. The van der Waals surface area contributed by atoms with E-state index >= 15 is 0 Å². The molecule has 0 bridgehead atoms. The highest BCUT2D eigenvalue weighted by molar-refractivity contribution is 7.10. The number of alkyl halides is 1. The van der Waals surface area contributed by atoms with E-state index in [1.54, 1.807) is 0 Å². The standard InChI is InChI=1S/C13H10ClF3S/c1-2-7-3-4-18-13(7)12(14)8-5-10(16)11(17)6-9(8)15/h3-6,12H,2H2,1H3. The molecule has 0 N–H and O–H groups in total. The first-order valence-corrected chi connectivity index (χ1v) is 6.71. The van der Waals surface area contributed by atoms with Crippen molar-refractivity contribution in [3.05, 3.63) is 57.0 Å². The van der Waals surface area contributed by atoms with Gasteiger partial charge in [0.25, 0.3) is 0 Å². The Bertz CT molecular complexity index is 565. The molecule has 1 aromatic carbocycles. The van der Waals surface area contributed by atoms with Crippen LogP contribution in [0.3, 0.4) is 0 Å². The van der Waals surface area contributed by atoms with Crippen LogP contribution in [0.5, 0.6) is 0 Å². The third-order valence-corrected chi connectivity index (χ3v) is 4.31. The van der Waals surface area contributed by atoms with Gasteiger partial charge in [0.15, 0.2) is 11.6 Å². The van der Waals surface area contributed by atoms with Crippen molar-refractivity contribution in [2.24, 2.45) is 0 Å². The van der Waals surface area contributed by atoms with Crippen molar-refractivity contribution in [1.82, 2.24) is 0 Å². The second kappa shape index (κ2) is 5.33. The molecule has 18 heavy (non-hydrogen) atoms. The molecule has 1 unspecified atom stereocenters. The second-order valence-electron chi connectivity index (χ2n) is 3.81. The summed E-state index contributed by atoms with van der Waals surface area (Å²) in [5, 5.41) is 1.05. The smallest absolute Gasteiger partial charge is 0.161 e. The van der Waals surface area contributed by atoms with Gasteiger partial charge in [-0.2, -0.15) is 0 Å². The van der Waals surface area contributed by atoms with E-state index in [0.717, 1.165) is 22.9 Å². The van der Waals surface area contributed by atoms with Crippen LogP contribution in [0.15, 0.2) is 23.6 Å². The van der Waals surface area contributed by atoms with E-state index in [4.69, 9.17) is 11.6 Å². The Labute approximate surface area is 112 Å². The van der Waals surface area contributed by atoms with Gasteiger partial charge in [0.05, 0.1) is 5.38 Å². The predicted octanol–water partition coefficient (Wildman–Crippen LogP) is 5.06. The molecule has 2 rings (SSSR count). The molecule has 2 aromatic rings. The molecular formula is C13H10ClF3S. The summed E-state index contributed by atoms with van der Waals surface area (Å²) >= 11 is 7.55. The van der Waals surface area contributed by atoms with Crippen molar-refractivity contribution in [3.63, 3.8) is 0 Å². The van der Waals surface area contributed by atoms with Gasteiger partial charge in [-0.15, -0.1) is 22.9 Å². The van der Waals surface area contributed by atoms with E-state index in [-0.39, 0.29) is 5.56 Å². The minimum Gasteiger partial charge on any atom is -0.207 e. The van der Waals surface area contributed by atoms with Crippen LogP contribution in [0.25, 0.3) is 0 Å². The molecule has 0 spiro atoms. The SMILES string of the molecule is CCc1ccsc1C(Cl)c1cc(F)c(F)cc1F. The van der Waals surface area contributed by atoms with Crippen LogP contribution in [0, 0.1) is 17.5 Å². The number of benzene rings is 1. The van der Waals surface area contributed by atoms with Gasteiger partial charge in [-0.25, -0.2) is 13.2 Å². The summed E-state index contributed by atoms with van der Waals surface area (Å²) in [6.07, 6.45) is 0.757. The first-order chi connectivity index (χ1) is 8.54. The number of aryl methyl sites for hydroxylation is 1. The van der Waals surface area contributed by atoms with Crippen molar-refractivity contribution in [2.75, 3.05) is 0 Å². The third-order valence-electron chi connectivity index (χ3n) is 2.70. The predicted molar refractivity (Wildman–Crippen MR) is 67.7 cm³/mol. The summed E-state index contributed by atoms with van der Waals surface area (Å²) in [5.74, 6) is -3.13. The Morgan fingerprint density at radius 1 is 1.17 bits per heavy atom. The Balaban J connectivity index is 2.46. The molecule has 0 fully saturated rings. The first kappa shape index (κ1) is 13.4. The summed E-state index contributed by atoms with van der Waals surface area (Å²) in [4.78, 5) is 0.768. The average molecular weight is 291 g/mol. The summed E-state index contributed by atoms with van der Waals surface area (Å²) in [5.41, 5.74) is 0.955. The zero-order chi connectivity index (χ0) is 13.3. The van der Waals surface area contributed by atoms with E-state index in [0.29, 0.717) is 6.07 Å². The zero-order valence-electron chi connectivity index (χ0n) is 9.51. The van der Waals surface area contributed by atoms with Crippen molar-refractivity contribution in [2.45, 2.75) is 18.7 Å². The van der Waals surface area contributed by atoms with Crippen molar-refractivity contribution < 1.29 is 13.2 Å². The molecule has 0 aliphatic rings. The highest BCUT2D eigenvalue weighted by Gasteiger charge is 2.21. The van der Waals surface area contributed by atoms with Gasteiger partial charge in [-0.05, 0) is 29.5 Å².